The Morgan fingerprint density at radius 1 is 1.22 bits per heavy atom. The van der Waals surface area contributed by atoms with Gasteiger partial charge in [-0.1, -0.05) is 0 Å². The summed E-state index contributed by atoms with van der Waals surface area (Å²) in [6.45, 7) is 8.05. The summed E-state index contributed by atoms with van der Waals surface area (Å²) >= 11 is 0. The van der Waals surface area contributed by atoms with E-state index in [1.165, 1.54) is 7.05 Å². The number of fused-ring (bicyclic) bond motifs is 1. The van der Waals surface area contributed by atoms with E-state index >= 15 is 8.78 Å². The molecule has 1 saturated heterocycles. The molecule has 1 unspecified atom stereocenters. The van der Waals surface area contributed by atoms with Gasteiger partial charge in [0, 0.05) is 54.5 Å². The fourth-order valence-corrected chi connectivity index (χ4v) is 4.17. The summed E-state index contributed by atoms with van der Waals surface area (Å²) in [6.07, 6.45) is 0.883. The average molecular weight is 502 g/mol. The molecule has 1 fully saturated rings. The molecule has 2 aromatic heterocycles. The molecule has 0 aliphatic carbocycles. The zero-order valence-corrected chi connectivity index (χ0v) is 20.9. The third kappa shape index (κ3) is 5.33. The van der Waals surface area contributed by atoms with Crippen molar-refractivity contribution < 1.29 is 32.3 Å². The molecular weight excluding hydrogens is 472 g/mol. The van der Waals surface area contributed by atoms with E-state index in [4.69, 9.17) is 13.9 Å². The van der Waals surface area contributed by atoms with E-state index in [9.17, 15) is 9.59 Å². The number of aromatic nitrogens is 1. The topological polar surface area (TPSA) is 93.9 Å². The maximum absolute atomic E-state index is 15.2. The second-order valence-corrected chi connectivity index (χ2v) is 9.75. The van der Waals surface area contributed by atoms with Crippen LogP contribution in [0.2, 0.25) is 0 Å². The first-order chi connectivity index (χ1) is 17.0. The van der Waals surface area contributed by atoms with Crippen LogP contribution in [0.4, 0.5) is 13.6 Å². The fraction of sp³-hybridized carbons (Fsp3) is 0.423. The lowest BCUT2D eigenvalue weighted by Gasteiger charge is -2.34. The molecule has 10 heteroatoms. The van der Waals surface area contributed by atoms with E-state index < -0.39 is 35.3 Å². The van der Waals surface area contributed by atoms with Crippen LogP contribution in [-0.2, 0) is 15.9 Å². The Hall–Kier alpha value is -3.53. The van der Waals surface area contributed by atoms with E-state index in [1.54, 1.807) is 44.9 Å². The first-order valence-electron chi connectivity index (χ1n) is 11.7. The quantitative estimate of drug-likeness (QED) is 0.561. The fourth-order valence-electron chi connectivity index (χ4n) is 4.17. The van der Waals surface area contributed by atoms with E-state index in [1.807, 2.05) is 0 Å². The maximum atomic E-state index is 15.2. The molecule has 0 radical (unpaired) electrons. The minimum atomic E-state index is -0.932. The van der Waals surface area contributed by atoms with Crippen molar-refractivity contribution in [3.63, 3.8) is 0 Å². The summed E-state index contributed by atoms with van der Waals surface area (Å²) in [7, 11) is 1.38. The molecule has 3 aromatic rings. The molecule has 0 spiro atoms. The third-order valence-corrected chi connectivity index (χ3v) is 5.79. The standard InChI is InChI=1S/C26H29F2N3O5/c1-14-8-21-18(12-30-14)17(11-16-13-31(6-7-34-16)25(33)36-26(2,3)4)23(35-21)22-19(27)9-15(10-20(22)28)24(32)29-5/h8-10,12,16H,6-7,11,13H2,1-5H3,(H,29,32). The number of benzene rings is 1. The minimum Gasteiger partial charge on any atom is -0.455 e. The van der Waals surface area contributed by atoms with Crippen molar-refractivity contribution in [3.05, 3.63) is 52.9 Å². The van der Waals surface area contributed by atoms with Crippen LogP contribution in [0, 0.1) is 18.6 Å². The number of nitrogens with one attached hydrogen (secondary N) is 1. The lowest BCUT2D eigenvalue weighted by atomic mass is 9.98. The van der Waals surface area contributed by atoms with Crippen LogP contribution in [0.3, 0.4) is 0 Å². The number of aryl methyl sites for hydroxylation is 1. The summed E-state index contributed by atoms with van der Waals surface area (Å²) in [5.41, 5.74) is 0.426. The average Bonchev–Trinajstić information content (AvgIpc) is 3.13. The molecule has 36 heavy (non-hydrogen) atoms. The van der Waals surface area contributed by atoms with Crippen LogP contribution >= 0.6 is 0 Å². The van der Waals surface area contributed by atoms with Crippen LogP contribution in [0.15, 0.2) is 28.8 Å². The van der Waals surface area contributed by atoms with Crippen molar-refractivity contribution in [1.29, 1.82) is 0 Å². The van der Waals surface area contributed by atoms with Gasteiger partial charge in [-0.15, -0.1) is 0 Å². The molecule has 1 aromatic carbocycles. The summed E-state index contributed by atoms with van der Waals surface area (Å²) in [4.78, 5) is 30.4. The molecule has 192 valence electrons. The SMILES string of the molecule is CNC(=O)c1cc(F)c(-c2oc3cc(C)ncc3c2CC2CN(C(=O)OC(C)(C)C)CCO2)c(F)c1. The van der Waals surface area contributed by atoms with Crippen LogP contribution in [0.1, 0.15) is 42.4 Å². The number of amides is 2. The van der Waals surface area contributed by atoms with Crippen LogP contribution in [-0.4, -0.2) is 60.3 Å². The van der Waals surface area contributed by atoms with Gasteiger partial charge in [-0.3, -0.25) is 9.78 Å². The van der Waals surface area contributed by atoms with E-state index in [2.05, 4.69) is 10.3 Å². The molecule has 1 aliphatic heterocycles. The molecule has 4 rings (SSSR count). The summed E-state index contributed by atoms with van der Waals surface area (Å²) < 4.78 is 47.7. The number of ether oxygens (including phenoxy) is 2. The van der Waals surface area contributed by atoms with E-state index in [0.29, 0.717) is 28.8 Å². The van der Waals surface area contributed by atoms with Gasteiger partial charge in [-0.25, -0.2) is 13.6 Å². The summed E-state index contributed by atoms with van der Waals surface area (Å²) in [6, 6.07) is 3.63. The molecule has 0 saturated carbocycles. The predicted molar refractivity (Wildman–Crippen MR) is 129 cm³/mol. The maximum Gasteiger partial charge on any atom is 0.410 e. The number of pyridine rings is 1. The van der Waals surface area contributed by atoms with Crippen molar-refractivity contribution in [1.82, 2.24) is 15.2 Å². The highest BCUT2D eigenvalue weighted by Crippen LogP contribution is 2.38. The highest BCUT2D eigenvalue weighted by molar-refractivity contribution is 5.95. The van der Waals surface area contributed by atoms with Crippen molar-refractivity contribution in [2.24, 2.45) is 0 Å². The molecule has 1 aliphatic rings. The number of hydrogen-bond donors (Lipinski definition) is 1. The van der Waals surface area contributed by atoms with Gasteiger partial charge in [0.25, 0.3) is 5.91 Å². The van der Waals surface area contributed by atoms with Gasteiger partial charge in [0.15, 0.2) is 0 Å². The van der Waals surface area contributed by atoms with Gasteiger partial charge in [0.1, 0.15) is 28.6 Å². The van der Waals surface area contributed by atoms with Crippen molar-refractivity contribution in [2.45, 2.75) is 45.8 Å². The lowest BCUT2D eigenvalue weighted by Crippen LogP contribution is -2.48. The Morgan fingerprint density at radius 2 is 1.92 bits per heavy atom. The molecule has 2 amide bonds. The highest BCUT2D eigenvalue weighted by Gasteiger charge is 2.31. The second-order valence-electron chi connectivity index (χ2n) is 9.75. The number of halogens is 2. The van der Waals surface area contributed by atoms with E-state index in [0.717, 1.165) is 12.1 Å². The smallest absolute Gasteiger partial charge is 0.410 e. The predicted octanol–water partition coefficient (Wildman–Crippen LogP) is 4.62. The molecule has 8 nitrogen and oxygen atoms in total. The lowest BCUT2D eigenvalue weighted by molar-refractivity contribution is -0.0414. The van der Waals surface area contributed by atoms with Gasteiger partial charge < -0.3 is 24.1 Å². The van der Waals surface area contributed by atoms with Crippen LogP contribution < -0.4 is 5.32 Å². The van der Waals surface area contributed by atoms with Crippen molar-refractivity contribution in [3.8, 4) is 11.3 Å². The number of rotatable bonds is 4. The summed E-state index contributed by atoms with van der Waals surface area (Å²) in [5, 5.41) is 2.94. The van der Waals surface area contributed by atoms with Crippen LogP contribution in [0.5, 0.6) is 0 Å². The Kier molecular flexibility index (Phi) is 6.99. The largest absolute Gasteiger partial charge is 0.455 e. The molecule has 1 N–H and O–H groups in total. The van der Waals surface area contributed by atoms with Gasteiger partial charge in [-0.2, -0.15) is 0 Å². The minimum absolute atomic E-state index is 0.00570. The van der Waals surface area contributed by atoms with Gasteiger partial charge in [-0.05, 0) is 39.8 Å². The highest BCUT2D eigenvalue weighted by atomic mass is 19.1. The third-order valence-electron chi connectivity index (χ3n) is 5.79. The number of furan rings is 1. The van der Waals surface area contributed by atoms with Gasteiger partial charge in [0.2, 0.25) is 0 Å². The zero-order chi connectivity index (χ0) is 26.2. The number of carbonyl (C=O) groups is 2. The molecule has 0 bridgehead atoms. The number of hydrogen-bond acceptors (Lipinski definition) is 6. The molecular formula is C26H29F2N3O5. The van der Waals surface area contributed by atoms with Gasteiger partial charge >= 0.3 is 6.09 Å². The summed E-state index contributed by atoms with van der Waals surface area (Å²) in [5.74, 6) is -2.48. The Labute approximate surface area is 207 Å². The Morgan fingerprint density at radius 3 is 2.56 bits per heavy atom. The van der Waals surface area contributed by atoms with Crippen molar-refractivity contribution >= 4 is 23.0 Å². The first-order valence-corrected chi connectivity index (χ1v) is 11.7. The monoisotopic (exact) mass is 501 g/mol. The molecule has 3 heterocycles. The first kappa shape index (κ1) is 25.6. The zero-order valence-electron chi connectivity index (χ0n) is 20.9. The number of morpholine rings is 1. The Bertz CT molecular complexity index is 1290. The number of carbonyl (C=O) groups excluding carboxylic acids is 2. The van der Waals surface area contributed by atoms with E-state index in [-0.39, 0.29) is 36.5 Å². The van der Waals surface area contributed by atoms with Gasteiger partial charge in [0.05, 0.1) is 24.8 Å². The Balaban J connectivity index is 1.72. The second kappa shape index (κ2) is 9.85. The molecule has 1 atom stereocenters. The van der Waals surface area contributed by atoms with Crippen molar-refractivity contribution in [2.75, 3.05) is 26.7 Å². The normalized spacial score (nSPS) is 16.3. The van der Waals surface area contributed by atoms with Crippen LogP contribution in [0.25, 0.3) is 22.3 Å². The number of nitrogens with zero attached hydrogens (tertiary/aromatic N) is 2.